The number of morpholine rings is 2. The van der Waals surface area contributed by atoms with Gasteiger partial charge in [0.15, 0.2) is 17.3 Å². The quantitative estimate of drug-likeness (QED) is 0.526. The molecule has 0 atom stereocenters. The monoisotopic (exact) mass is 480 g/mol. The fourth-order valence-corrected chi connectivity index (χ4v) is 6.81. The summed E-state index contributed by atoms with van der Waals surface area (Å²) in [5.41, 5.74) is 5.47. The lowest BCUT2D eigenvalue weighted by Crippen LogP contribution is -2.59. The molecule has 0 amide bonds. The Morgan fingerprint density at radius 1 is 0.771 bits per heavy atom. The van der Waals surface area contributed by atoms with Gasteiger partial charge in [-0.1, -0.05) is 6.07 Å². The van der Waals surface area contributed by atoms with Gasteiger partial charge < -0.3 is 23.7 Å². The van der Waals surface area contributed by atoms with Crippen molar-refractivity contribution in [3.05, 3.63) is 29.3 Å². The molecule has 0 N–H and O–H groups in total. The minimum Gasteiger partial charge on any atom is -0.487 e. The third-order valence-electron chi connectivity index (χ3n) is 8.56. The van der Waals surface area contributed by atoms with Crippen molar-refractivity contribution >= 4 is 17.2 Å². The predicted octanol–water partition coefficient (Wildman–Crippen LogP) is 2.76. The van der Waals surface area contributed by atoms with E-state index in [-0.39, 0.29) is 5.78 Å². The van der Waals surface area contributed by atoms with Crippen molar-refractivity contribution in [2.75, 3.05) is 85.5 Å². The zero-order chi connectivity index (χ0) is 23.6. The van der Waals surface area contributed by atoms with E-state index >= 15 is 0 Å². The van der Waals surface area contributed by atoms with Crippen LogP contribution in [0.25, 0.3) is 11.1 Å². The number of rotatable bonds is 2. The maximum absolute atomic E-state index is 14.0. The highest BCUT2D eigenvalue weighted by Crippen LogP contribution is 2.62. The molecule has 2 fully saturated rings. The van der Waals surface area contributed by atoms with Gasteiger partial charge in [0.25, 0.3) is 0 Å². The Labute approximate surface area is 205 Å². The Hall–Kier alpha value is -2.65. The van der Waals surface area contributed by atoms with Crippen molar-refractivity contribution in [1.82, 2.24) is 8.97 Å². The van der Waals surface area contributed by atoms with Crippen LogP contribution in [0.15, 0.2) is 18.2 Å². The van der Waals surface area contributed by atoms with E-state index in [0.29, 0.717) is 67.8 Å². The Kier molecular flexibility index (Phi) is 4.90. The van der Waals surface area contributed by atoms with E-state index < -0.39 is 0 Å². The minimum atomic E-state index is 0.00735. The van der Waals surface area contributed by atoms with E-state index in [9.17, 15) is 4.79 Å². The number of ether oxygens (including phenoxy) is 5. The smallest absolute Gasteiger partial charge is 0.228 e. The summed E-state index contributed by atoms with van der Waals surface area (Å²) < 4.78 is 32.6. The van der Waals surface area contributed by atoms with E-state index in [4.69, 9.17) is 23.7 Å². The van der Waals surface area contributed by atoms with Crippen LogP contribution in [0.4, 0.5) is 11.4 Å². The van der Waals surface area contributed by atoms with Crippen LogP contribution in [0.1, 0.15) is 22.8 Å². The summed E-state index contributed by atoms with van der Waals surface area (Å²) in [4.78, 5) is 14.0. The Morgan fingerprint density at radius 3 is 2.11 bits per heavy atom. The maximum Gasteiger partial charge on any atom is 0.228 e. The number of carbonyl (C=O) groups is 1. The van der Waals surface area contributed by atoms with Crippen molar-refractivity contribution in [1.29, 1.82) is 0 Å². The first kappa shape index (κ1) is 21.6. The number of hydrogen-bond acceptors (Lipinski definition) is 6. The first-order valence-electron chi connectivity index (χ1n) is 12.9. The van der Waals surface area contributed by atoms with Crippen molar-refractivity contribution < 1.29 is 28.5 Å². The summed E-state index contributed by atoms with van der Waals surface area (Å²) >= 11 is 0. The highest BCUT2D eigenvalue weighted by Gasteiger charge is 2.51. The predicted molar refractivity (Wildman–Crippen MR) is 132 cm³/mol. The second-order valence-corrected chi connectivity index (χ2v) is 10.1. The lowest BCUT2D eigenvalue weighted by molar-refractivity contribution is 0.0329. The molecule has 8 nitrogen and oxygen atoms in total. The van der Waals surface area contributed by atoms with E-state index in [0.717, 1.165) is 71.9 Å². The maximum atomic E-state index is 14.0. The molecule has 4 heterocycles. The molecule has 1 aliphatic carbocycles. The molecule has 184 valence electrons. The summed E-state index contributed by atoms with van der Waals surface area (Å²) in [7, 11) is 0. The van der Waals surface area contributed by atoms with Crippen LogP contribution in [-0.2, 0) is 9.47 Å². The molecule has 5 aliphatic rings. The van der Waals surface area contributed by atoms with Gasteiger partial charge in [-0.3, -0.25) is 13.8 Å². The molecule has 8 heteroatoms. The fraction of sp³-hybridized carbons (Fsp3) is 0.519. The Bertz CT molecular complexity index is 1210. The number of nitrogens with zero attached hydrogens (tertiary/aromatic N) is 2. The van der Waals surface area contributed by atoms with Crippen LogP contribution < -0.4 is 23.2 Å². The molecule has 0 saturated carbocycles. The highest BCUT2D eigenvalue weighted by molar-refractivity contribution is 6.27. The number of benzene rings is 2. The first-order valence-corrected chi connectivity index (χ1v) is 12.9. The van der Waals surface area contributed by atoms with Crippen LogP contribution in [0.2, 0.25) is 0 Å². The number of quaternary nitrogens is 2. The normalized spacial score (nSPS) is 23.1. The van der Waals surface area contributed by atoms with Gasteiger partial charge in [0.05, 0.1) is 49.7 Å². The van der Waals surface area contributed by atoms with Gasteiger partial charge in [-0.25, -0.2) is 0 Å². The number of carbonyl (C=O) groups excluding carboxylic acids is 1. The van der Waals surface area contributed by atoms with Crippen LogP contribution in [0, 0.1) is 0 Å². The average Bonchev–Trinajstić information content (AvgIpc) is 3.13. The zero-order valence-electron chi connectivity index (χ0n) is 20.3. The lowest BCUT2D eigenvalue weighted by atomic mass is 9.96. The number of ketones is 1. The molecule has 7 rings (SSSR count). The third kappa shape index (κ3) is 2.91. The van der Waals surface area contributed by atoms with E-state index in [2.05, 4.69) is 6.07 Å². The van der Waals surface area contributed by atoms with Crippen LogP contribution in [-0.4, -0.2) is 91.3 Å². The van der Waals surface area contributed by atoms with Crippen molar-refractivity contribution in [2.24, 2.45) is 0 Å². The van der Waals surface area contributed by atoms with Gasteiger partial charge in [-0.15, -0.1) is 0 Å². The summed E-state index contributed by atoms with van der Waals surface area (Å²) in [5, 5.41) is 0. The van der Waals surface area contributed by atoms with Crippen molar-refractivity contribution in [2.45, 2.75) is 6.92 Å². The summed E-state index contributed by atoms with van der Waals surface area (Å²) in [5.74, 6) is 2.10. The molecule has 2 spiro atoms. The van der Waals surface area contributed by atoms with Crippen LogP contribution >= 0.6 is 0 Å². The second-order valence-electron chi connectivity index (χ2n) is 10.1. The summed E-state index contributed by atoms with van der Waals surface area (Å²) in [6, 6.07) is 6.17. The Balaban J connectivity index is 1.60. The third-order valence-corrected chi connectivity index (χ3v) is 8.56. The van der Waals surface area contributed by atoms with Gasteiger partial charge >= 0.3 is 0 Å². The molecule has 6 bridgehead atoms. The molecule has 35 heavy (non-hydrogen) atoms. The molecule has 0 aromatic heterocycles. The lowest BCUT2D eigenvalue weighted by Gasteiger charge is -2.43. The SMILES string of the molecule is CCOc1c2c3c4c(c1[N+]1(CCOCC1)CCO4)OCC[N+]1(CCOCC1)c1cccc(c1-2)C3=O. The van der Waals surface area contributed by atoms with Crippen molar-refractivity contribution in [3.8, 4) is 28.4 Å². The van der Waals surface area contributed by atoms with Gasteiger partial charge in [0.2, 0.25) is 11.4 Å². The summed E-state index contributed by atoms with van der Waals surface area (Å²) in [6.45, 7) is 11.3. The number of fused-ring (bicyclic) bond motifs is 2. The molecular weight excluding hydrogens is 448 g/mol. The van der Waals surface area contributed by atoms with E-state index in [1.165, 1.54) is 5.69 Å². The van der Waals surface area contributed by atoms with Gasteiger partial charge in [-0.2, -0.15) is 0 Å². The molecular formula is C27H32N2O6+2. The molecule has 2 saturated heterocycles. The zero-order valence-corrected chi connectivity index (χ0v) is 20.3. The van der Waals surface area contributed by atoms with E-state index in [1.54, 1.807) is 0 Å². The molecule has 2 aromatic rings. The minimum absolute atomic E-state index is 0.00735. The fourth-order valence-electron chi connectivity index (χ4n) is 6.81. The van der Waals surface area contributed by atoms with E-state index in [1.807, 2.05) is 19.1 Å². The molecule has 4 aliphatic heterocycles. The van der Waals surface area contributed by atoms with Crippen LogP contribution in [0.5, 0.6) is 17.2 Å². The first-order chi connectivity index (χ1) is 17.2. The highest BCUT2D eigenvalue weighted by atomic mass is 16.5. The van der Waals surface area contributed by atoms with Crippen molar-refractivity contribution in [3.63, 3.8) is 0 Å². The molecule has 0 unspecified atom stereocenters. The molecule has 2 aromatic carbocycles. The Morgan fingerprint density at radius 2 is 1.40 bits per heavy atom. The standard InChI is InChI=1S/C27H32N2O6/c1-2-33-25-21-20-18-4-3-5-19(20)28(6-12-31-13-7-28)10-16-35-27-23(25)29(8-14-32-15-9-29)11-17-34-26(27)22(21)24(18)30/h3-5H,2,6-17H2,1H3/q+2. The van der Waals surface area contributed by atoms with Crippen LogP contribution in [0.3, 0.4) is 0 Å². The topological polar surface area (TPSA) is 63.2 Å². The van der Waals surface area contributed by atoms with Gasteiger partial charge in [-0.05, 0) is 19.1 Å². The largest absolute Gasteiger partial charge is 0.487 e. The average molecular weight is 481 g/mol. The summed E-state index contributed by atoms with van der Waals surface area (Å²) in [6.07, 6.45) is 0. The number of hydrogen-bond donors (Lipinski definition) is 0. The molecule has 0 radical (unpaired) electrons. The van der Waals surface area contributed by atoms with Gasteiger partial charge in [0.1, 0.15) is 58.2 Å². The van der Waals surface area contributed by atoms with Gasteiger partial charge in [0, 0.05) is 5.56 Å². The second kappa shape index (κ2) is 7.93.